The first-order valence-electron chi connectivity index (χ1n) is 2.15. The second kappa shape index (κ2) is 5.42. The summed E-state index contributed by atoms with van der Waals surface area (Å²) in [4.78, 5) is 0. The summed E-state index contributed by atoms with van der Waals surface area (Å²) in [6, 6.07) is 0. The van der Waals surface area contributed by atoms with Gasteiger partial charge in [0.05, 0.1) is 18.2 Å². The SMILES string of the molecule is C[CH]OCC(Cl)=CCl. The van der Waals surface area contributed by atoms with Gasteiger partial charge in [-0.1, -0.05) is 23.2 Å². The molecule has 0 bridgehead atoms. The van der Waals surface area contributed by atoms with Gasteiger partial charge in [-0.3, -0.25) is 0 Å². The van der Waals surface area contributed by atoms with E-state index < -0.39 is 0 Å². The fraction of sp³-hybridized carbons (Fsp3) is 0.400. The van der Waals surface area contributed by atoms with E-state index in [0.29, 0.717) is 11.6 Å². The number of halogens is 2. The van der Waals surface area contributed by atoms with Gasteiger partial charge < -0.3 is 4.74 Å². The summed E-state index contributed by atoms with van der Waals surface area (Å²) in [6.07, 6.45) is 0. The molecule has 8 heavy (non-hydrogen) atoms. The molecule has 0 aromatic carbocycles. The predicted molar refractivity (Wildman–Crippen MR) is 35.7 cm³/mol. The normalized spacial score (nSPS) is 12.1. The Bertz CT molecular complexity index is 80.5. The van der Waals surface area contributed by atoms with Gasteiger partial charge in [0.1, 0.15) is 0 Å². The number of hydrogen-bond acceptors (Lipinski definition) is 1. The molecule has 0 spiro atoms. The third-order valence-electron chi connectivity index (χ3n) is 0.506. The van der Waals surface area contributed by atoms with E-state index in [1.54, 1.807) is 13.5 Å². The predicted octanol–water partition coefficient (Wildman–Crippen LogP) is 2.50. The molecule has 0 atom stereocenters. The molecule has 0 N–H and O–H groups in total. The summed E-state index contributed by atoms with van der Waals surface area (Å²) in [7, 11) is 0. The lowest BCUT2D eigenvalue weighted by Gasteiger charge is -1.94. The van der Waals surface area contributed by atoms with Crippen molar-refractivity contribution in [2.45, 2.75) is 6.92 Å². The van der Waals surface area contributed by atoms with Crippen LogP contribution in [0.3, 0.4) is 0 Å². The smallest absolute Gasteiger partial charge is 0.0836 e. The first-order valence-corrected chi connectivity index (χ1v) is 2.97. The van der Waals surface area contributed by atoms with Crippen LogP contribution in [0.1, 0.15) is 6.92 Å². The highest BCUT2D eigenvalue weighted by Gasteiger charge is 1.87. The summed E-state index contributed by atoms with van der Waals surface area (Å²) in [5, 5.41) is 0.504. The lowest BCUT2D eigenvalue weighted by atomic mass is 10.7. The Kier molecular flexibility index (Phi) is 5.61. The zero-order chi connectivity index (χ0) is 6.41. The molecule has 1 radical (unpaired) electrons. The maximum Gasteiger partial charge on any atom is 0.0836 e. The van der Waals surface area contributed by atoms with E-state index in [9.17, 15) is 0 Å². The van der Waals surface area contributed by atoms with E-state index in [4.69, 9.17) is 27.9 Å². The van der Waals surface area contributed by atoms with E-state index >= 15 is 0 Å². The van der Waals surface area contributed by atoms with Gasteiger partial charge >= 0.3 is 0 Å². The zero-order valence-electron chi connectivity index (χ0n) is 4.53. The van der Waals surface area contributed by atoms with Gasteiger partial charge in [-0.05, 0) is 6.92 Å². The Labute approximate surface area is 59.2 Å². The number of hydrogen-bond donors (Lipinski definition) is 0. The second-order valence-corrected chi connectivity index (χ2v) is 1.81. The van der Waals surface area contributed by atoms with Gasteiger partial charge in [-0.2, -0.15) is 0 Å². The molecule has 0 amide bonds. The van der Waals surface area contributed by atoms with Crippen LogP contribution >= 0.6 is 23.2 Å². The molecule has 0 aromatic heterocycles. The minimum absolute atomic E-state index is 0.363. The van der Waals surface area contributed by atoms with Crippen LogP contribution < -0.4 is 0 Å². The molecule has 0 rings (SSSR count). The highest BCUT2D eigenvalue weighted by molar-refractivity contribution is 6.36. The summed E-state index contributed by atoms with van der Waals surface area (Å²) >= 11 is 10.6. The molecule has 0 aliphatic rings. The molecule has 0 unspecified atom stereocenters. The van der Waals surface area contributed by atoms with Crippen molar-refractivity contribution in [1.82, 2.24) is 0 Å². The summed E-state index contributed by atoms with van der Waals surface area (Å²) in [6.45, 7) is 3.70. The van der Waals surface area contributed by atoms with E-state index in [2.05, 4.69) is 0 Å². The van der Waals surface area contributed by atoms with Gasteiger partial charge in [0, 0.05) is 5.54 Å². The van der Waals surface area contributed by atoms with Crippen LogP contribution in [0.25, 0.3) is 0 Å². The molecule has 3 heteroatoms. The third kappa shape index (κ3) is 4.44. The molecule has 0 fully saturated rings. The van der Waals surface area contributed by atoms with Gasteiger partial charge in [0.25, 0.3) is 0 Å². The highest BCUT2D eigenvalue weighted by atomic mass is 35.5. The Morgan fingerprint density at radius 1 is 1.75 bits per heavy atom. The molecule has 0 aromatic rings. The summed E-state index contributed by atoms with van der Waals surface area (Å²) in [5.41, 5.74) is 1.28. The lowest BCUT2D eigenvalue weighted by Crippen LogP contribution is -1.86. The summed E-state index contributed by atoms with van der Waals surface area (Å²) < 4.78 is 4.78. The van der Waals surface area contributed by atoms with Gasteiger partial charge in [-0.25, -0.2) is 0 Å². The Morgan fingerprint density at radius 3 is 2.75 bits per heavy atom. The van der Waals surface area contributed by atoms with Crippen LogP contribution in [0.2, 0.25) is 0 Å². The largest absolute Gasteiger partial charge is 0.370 e. The number of ether oxygens (including phenoxy) is 1. The van der Waals surface area contributed by atoms with Crippen molar-refractivity contribution in [3.8, 4) is 0 Å². The Hall–Kier alpha value is 0.280. The molecule has 0 aliphatic heterocycles. The maximum absolute atomic E-state index is 5.43. The minimum atomic E-state index is 0.363. The highest BCUT2D eigenvalue weighted by Crippen LogP contribution is 2.03. The topological polar surface area (TPSA) is 9.23 Å². The maximum atomic E-state index is 5.43. The quantitative estimate of drug-likeness (QED) is 0.606. The first-order chi connectivity index (χ1) is 3.81. The summed E-state index contributed by atoms with van der Waals surface area (Å²) in [5.74, 6) is 0. The van der Waals surface area contributed by atoms with Gasteiger partial charge in [0.2, 0.25) is 0 Å². The molecular weight excluding hydrogens is 147 g/mol. The zero-order valence-corrected chi connectivity index (χ0v) is 6.04. The molecular formula is C5H7Cl2O. The van der Waals surface area contributed by atoms with Crippen LogP contribution in [0.15, 0.2) is 10.6 Å². The van der Waals surface area contributed by atoms with Crippen LogP contribution in [0, 0.1) is 6.61 Å². The molecule has 0 saturated heterocycles. The monoisotopic (exact) mass is 153 g/mol. The third-order valence-corrected chi connectivity index (χ3v) is 1.10. The van der Waals surface area contributed by atoms with Crippen molar-refractivity contribution in [2.24, 2.45) is 0 Å². The van der Waals surface area contributed by atoms with Crippen molar-refractivity contribution >= 4 is 23.2 Å². The fourth-order valence-electron chi connectivity index (χ4n) is 0.194. The van der Waals surface area contributed by atoms with Crippen LogP contribution in [0.4, 0.5) is 0 Å². The molecule has 1 nitrogen and oxygen atoms in total. The second-order valence-electron chi connectivity index (χ2n) is 1.10. The van der Waals surface area contributed by atoms with Crippen molar-refractivity contribution in [2.75, 3.05) is 6.61 Å². The first kappa shape index (κ1) is 8.28. The van der Waals surface area contributed by atoms with E-state index in [0.717, 1.165) is 0 Å². The lowest BCUT2D eigenvalue weighted by molar-refractivity contribution is 0.236. The van der Waals surface area contributed by atoms with Gasteiger partial charge in [-0.15, -0.1) is 0 Å². The number of rotatable bonds is 3. The van der Waals surface area contributed by atoms with E-state index in [1.165, 1.54) is 5.54 Å². The van der Waals surface area contributed by atoms with Crippen molar-refractivity contribution in [3.05, 3.63) is 17.2 Å². The Balaban J connectivity index is 3.12. The van der Waals surface area contributed by atoms with Crippen molar-refractivity contribution in [1.29, 1.82) is 0 Å². The van der Waals surface area contributed by atoms with E-state index in [1.807, 2.05) is 0 Å². The van der Waals surface area contributed by atoms with Crippen molar-refractivity contribution in [3.63, 3.8) is 0 Å². The van der Waals surface area contributed by atoms with Crippen molar-refractivity contribution < 1.29 is 4.74 Å². The fourth-order valence-corrected chi connectivity index (χ4v) is 0.320. The van der Waals surface area contributed by atoms with Gasteiger partial charge in [0.15, 0.2) is 0 Å². The average Bonchev–Trinajstić information content (AvgIpc) is 1.83. The molecule has 0 heterocycles. The van der Waals surface area contributed by atoms with Crippen LogP contribution in [0.5, 0.6) is 0 Å². The molecule has 0 aliphatic carbocycles. The molecule has 47 valence electrons. The van der Waals surface area contributed by atoms with Crippen LogP contribution in [-0.2, 0) is 4.74 Å². The minimum Gasteiger partial charge on any atom is -0.370 e. The van der Waals surface area contributed by atoms with E-state index in [-0.39, 0.29) is 0 Å². The standard InChI is InChI=1S/C5H7Cl2O/c1-2-8-4-5(7)3-6/h2-3H,4H2,1H3. The average molecular weight is 154 g/mol. The Morgan fingerprint density at radius 2 is 2.38 bits per heavy atom. The van der Waals surface area contributed by atoms with Crippen LogP contribution in [-0.4, -0.2) is 6.61 Å². The molecule has 0 saturated carbocycles.